The number of thiol groups is 1. The Morgan fingerprint density at radius 3 is 0.939 bits per heavy atom. The first kappa shape index (κ1) is 115. The van der Waals surface area contributed by atoms with Gasteiger partial charge in [0.05, 0.1) is 55.4 Å². The standard InChI is InChI=1S/C9H18N2O2.C9H18O2.2C8H17NO2.C8H16O.C8H18.C7H15NO2.C7H15NOS.C6H13NO.C6H12O/c1-6(2)5-8(12)7(10)3-4-9(11)13;1-7(2)6-8(10)11-9(3,4)5;1-5(2)4-7(11)8(9)6(3)10;1-5(2)4-7(6(3)10)8(9)11;1-6(2)5-8(9)7(3)4;1-7(2)5-6-8(3)4;1-5(2)3-7(10)6(8)4-9;1-5(2)3-7(9)6(8)4-10;1-5(2)3-6(8)4-7;1-5(2)4-6(3)7/h6-7H,3-5,10H2,1-2H3,(H2,11,13);7H,6H2,1-5H3;5-6,8,10H,4,9H2,1-3H3;5-7,10H,4H2,1-3H3,(H2,9,11);6-7H,5H2,1-4H3;7-8H,5-6H2,1-4H3;5-6,9H,3-4,8H2,1-2H3;5-6,10H,3-4,8H2,1-2H3;5H,3-4,7H2,1-2H3;5H,4H2,1-3H3. The van der Waals surface area contributed by atoms with Crippen LogP contribution >= 0.6 is 12.6 Å². The SMILES string of the molecule is CC(=O)CC(C)C.CC(C)CC(=O)C(C)C.CC(C)CC(=O)C(N)C(C)O.CC(C)CC(=O)C(N)CCC(N)=O.CC(C)CC(=O)C(N)CO.CC(C)CC(=O)C(N)CS.CC(C)CC(=O)CN.CC(C)CC(=O)OC(C)(C)C.CC(C)CC(C(N)=O)C(C)O.CC(C)CCC(C)C. The molecule has 0 aliphatic rings. The summed E-state index contributed by atoms with van der Waals surface area (Å²) in [4.78, 5) is 108. The Kier molecular flexibility index (Phi) is 82.6. The van der Waals surface area contributed by atoms with E-state index in [-0.39, 0.29) is 77.8 Å². The third-order valence-corrected chi connectivity index (χ3v) is 12.9. The number of hydrogen-bond acceptors (Lipinski definition) is 20. The zero-order chi connectivity index (χ0) is 80.3. The lowest BCUT2D eigenvalue weighted by atomic mass is 9.92. The Labute approximate surface area is 605 Å². The molecule has 0 aliphatic heterocycles. The Morgan fingerprint density at radius 2 is 0.745 bits per heavy atom. The monoisotopic (exact) mass is 1430 g/mol. The first-order valence-corrected chi connectivity index (χ1v) is 36.6. The Bertz CT molecular complexity index is 1980. The van der Waals surface area contributed by atoms with Gasteiger partial charge in [0, 0.05) is 69.5 Å². The predicted molar refractivity (Wildman–Crippen MR) is 412 cm³/mol. The van der Waals surface area contributed by atoms with Crippen LogP contribution < -0.4 is 40.1 Å². The maximum Gasteiger partial charge on any atom is 0.306 e. The molecule has 0 spiro atoms. The number of Topliss-reactive ketones (excluding diaryl/α,β-unsaturated/α-hetero) is 7. The number of ketones is 7. The van der Waals surface area contributed by atoms with Crippen molar-refractivity contribution in [3.63, 3.8) is 0 Å². The van der Waals surface area contributed by atoms with Crippen molar-refractivity contribution in [3.8, 4) is 0 Å². The quantitative estimate of drug-likeness (QED) is 0.0207. The van der Waals surface area contributed by atoms with Crippen LogP contribution in [0.15, 0.2) is 0 Å². The molecule has 0 fully saturated rings. The highest BCUT2D eigenvalue weighted by Crippen LogP contribution is 2.16. The normalized spacial score (nSPS) is 13.0. The number of carbonyl (C=O) groups is 10. The van der Waals surface area contributed by atoms with Gasteiger partial charge in [0.2, 0.25) is 11.8 Å². The van der Waals surface area contributed by atoms with Gasteiger partial charge in [-0.3, -0.25) is 43.2 Å². The second-order valence-corrected chi connectivity index (χ2v) is 31.9. The van der Waals surface area contributed by atoms with Crippen molar-refractivity contribution in [2.75, 3.05) is 18.9 Å². The number of carbonyl (C=O) groups excluding carboxylic acids is 10. The van der Waals surface area contributed by atoms with Crippen molar-refractivity contribution in [1.82, 2.24) is 0 Å². The summed E-state index contributed by atoms with van der Waals surface area (Å²) in [6, 6.07) is -2.29. The number of primary amides is 2. The highest BCUT2D eigenvalue weighted by Gasteiger charge is 2.23. The summed E-state index contributed by atoms with van der Waals surface area (Å²) < 4.78 is 5.11. The fraction of sp³-hybridized carbons (Fsp3) is 0.868. The van der Waals surface area contributed by atoms with E-state index >= 15 is 0 Å². The van der Waals surface area contributed by atoms with E-state index in [1.54, 1.807) is 13.8 Å². The zero-order valence-electron chi connectivity index (χ0n) is 68.1. The van der Waals surface area contributed by atoms with E-state index in [1.807, 2.05) is 145 Å². The third kappa shape index (κ3) is 106. The summed E-state index contributed by atoms with van der Waals surface area (Å²) >= 11 is 3.93. The minimum atomic E-state index is -0.735. The molecule has 0 aromatic carbocycles. The number of ether oxygens (including phenoxy) is 1. The summed E-state index contributed by atoms with van der Waals surface area (Å²) in [6.07, 6.45) is 7.16. The molecule has 21 nitrogen and oxygen atoms in total. The molecular formula is C76H159N7O14S. The molecule has 0 saturated carbocycles. The second kappa shape index (κ2) is 70.2. The summed E-state index contributed by atoms with van der Waals surface area (Å²) in [5.74, 6) is 5.56. The number of esters is 1. The van der Waals surface area contributed by atoms with Gasteiger partial charge in [-0.15, -0.1) is 0 Å². The summed E-state index contributed by atoms with van der Waals surface area (Å²) in [6.45, 7) is 59.3. The topological polar surface area (TPSA) is 423 Å². The number of aliphatic hydroxyl groups excluding tert-OH is 3. The summed E-state index contributed by atoms with van der Waals surface area (Å²) in [5, 5.41) is 26.6. The maximum absolute atomic E-state index is 11.3. The minimum Gasteiger partial charge on any atom is -0.460 e. The van der Waals surface area contributed by atoms with E-state index in [0.29, 0.717) is 116 Å². The lowest BCUT2D eigenvalue weighted by Gasteiger charge is -2.19. The van der Waals surface area contributed by atoms with Crippen molar-refractivity contribution in [2.45, 2.75) is 333 Å². The predicted octanol–water partition coefficient (Wildman–Crippen LogP) is 11.7. The van der Waals surface area contributed by atoms with Crippen LogP contribution in [0.1, 0.15) is 291 Å². The number of aliphatic hydroxyl groups is 3. The molecular weight excluding hydrogens is 1270 g/mol. The molecule has 0 aromatic heterocycles. The van der Waals surface area contributed by atoms with Gasteiger partial charge in [0.15, 0.2) is 17.3 Å². The van der Waals surface area contributed by atoms with E-state index in [4.69, 9.17) is 60.2 Å². The molecule has 0 rings (SSSR count). The average molecular weight is 1430 g/mol. The largest absolute Gasteiger partial charge is 0.460 e. The van der Waals surface area contributed by atoms with Crippen LogP contribution in [0.4, 0.5) is 0 Å². The van der Waals surface area contributed by atoms with Crippen molar-refractivity contribution < 1.29 is 68.0 Å². The molecule has 0 heterocycles. The van der Waals surface area contributed by atoms with Gasteiger partial charge in [-0.05, 0) is 119 Å². The van der Waals surface area contributed by atoms with Gasteiger partial charge in [-0.25, -0.2) is 0 Å². The Morgan fingerprint density at radius 1 is 0.418 bits per heavy atom. The highest BCUT2D eigenvalue weighted by molar-refractivity contribution is 7.80. The van der Waals surface area contributed by atoms with E-state index in [9.17, 15) is 47.9 Å². The first-order chi connectivity index (χ1) is 44.2. The molecule has 0 saturated heterocycles. The van der Waals surface area contributed by atoms with Gasteiger partial charge in [0.25, 0.3) is 0 Å². The minimum absolute atomic E-state index is 0.0104. The van der Waals surface area contributed by atoms with Crippen LogP contribution in [0.2, 0.25) is 0 Å². The van der Waals surface area contributed by atoms with E-state index in [2.05, 4.69) is 54.2 Å². The molecule has 22 heteroatoms. The first-order valence-electron chi connectivity index (χ1n) is 36.0. The smallest absolute Gasteiger partial charge is 0.306 e. The highest BCUT2D eigenvalue weighted by atomic mass is 32.1. The number of hydrogen-bond donors (Lipinski definition) is 11. The molecule has 0 radical (unpaired) electrons. The van der Waals surface area contributed by atoms with Crippen molar-refractivity contribution in [3.05, 3.63) is 0 Å². The molecule has 0 aromatic rings. The zero-order valence-corrected chi connectivity index (χ0v) is 69.0. The summed E-state index contributed by atoms with van der Waals surface area (Å²) in [5.41, 5.74) is 36.4. The van der Waals surface area contributed by atoms with Crippen molar-refractivity contribution in [1.29, 1.82) is 0 Å². The molecule has 17 N–H and O–H groups in total. The van der Waals surface area contributed by atoms with Crippen LogP contribution in [0, 0.1) is 76.9 Å². The van der Waals surface area contributed by atoms with Crippen molar-refractivity contribution in [2.24, 2.45) is 117 Å². The van der Waals surface area contributed by atoms with Crippen LogP contribution in [0.3, 0.4) is 0 Å². The molecule has 98 heavy (non-hydrogen) atoms. The lowest BCUT2D eigenvalue weighted by molar-refractivity contribution is -0.155. The molecule has 0 bridgehead atoms. The van der Waals surface area contributed by atoms with E-state index in [0.717, 1.165) is 24.7 Å². The molecule has 588 valence electrons. The Balaban J connectivity index is -0.000000110. The summed E-state index contributed by atoms with van der Waals surface area (Å²) in [7, 11) is 0. The molecule has 0 aliphatic carbocycles. The van der Waals surface area contributed by atoms with Gasteiger partial charge < -0.3 is 65.0 Å². The Hall–Kier alpha value is -3.87. The molecule has 2 amide bonds. The van der Waals surface area contributed by atoms with Crippen LogP contribution in [0.25, 0.3) is 0 Å². The number of nitrogens with two attached hydrogens (primary N) is 7. The fourth-order valence-corrected chi connectivity index (χ4v) is 7.53. The van der Waals surface area contributed by atoms with Crippen LogP contribution in [-0.4, -0.2) is 134 Å². The third-order valence-electron chi connectivity index (χ3n) is 12.5. The van der Waals surface area contributed by atoms with Gasteiger partial charge in [-0.2, -0.15) is 12.6 Å². The molecule has 7 atom stereocenters. The van der Waals surface area contributed by atoms with Gasteiger partial charge >= 0.3 is 5.97 Å². The average Bonchev–Trinajstić information content (AvgIpc) is 1.01. The van der Waals surface area contributed by atoms with Crippen LogP contribution in [-0.2, 0) is 52.7 Å². The van der Waals surface area contributed by atoms with Gasteiger partial charge in [-0.1, -0.05) is 179 Å². The lowest BCUT2D eigenvalue weighted by Crippen LogP contribution is -2.40. The van der Waals surface area contributed by atoms with Crippen molar-refractivity contribution >= 4 is 70.9 Å². The van der Waals surface area contributed by atoms with Gasteiger partial charge in [0.1, 0.15) is 28.7 Å². The van der Waals surface area contributed by atoms with Crippen LogP contribution in [0.5, 0.6) is 0 Å². The fourth-order valence-electron chi connectivity index (χ4n) is 7.32. The molecule has 7 unspecified atom stereocenters. The van der Waals surface area contributed by atoms with E-state index < -0.39 is 48.1 Å². The second-order valence-electron chi connectivity index (χ2n) is 31.5. The number of amides is 2. The maximum atomic E-state index is 11.3. The number of rotatable bonds is 35. The van der Waals surface area contributed by atoms with E-state index in [1.165, 1.54) is 19.8 Å².